The smallest absolute Gasteiger partial charge is 0.0485 e. The first-order valence-electron chi connectivity index (χ1n) is 10.9. The zero-order valence-electron chi connectivity index (χ0n) is 17.9. The molecule has 0 amide bonds. The number of hydrogen-bond acceptors (Lipinski definition) is 4. The van der Waals surface area contributed by atoms with E-state index in [2.05, 4.69) is 67.2 Å². The van der Waals surface area contributed by atoms with E-state index in [9.17, 15) is 0 Å². The van der Waals surface area contributed by atoms with Crippen LogP contribution in [0.4, 0.5) is 17.1 Å². The van der Waals surface area contributed by atoms with Gasteiger partial charge in [0, 0.05) is 54.1 Å². The molecule has 0 saturated carbocycles. The first-order chi connectivity index (χ1) is 13.6. The second kappa shape index (κ2) is 8.12. The van der Waals surface area contributed by atoms with Crippen LogP contribution >= 0.6 is 0 Å². The van der Waals surface area contributed by atoms with Crippen molar-refractivity contribution in [1.29, 1.82) is 0 Å². The van der Waals surface area contributed by atoms with Gasteiger partial charge in [-0.05, 0) is 88.4 Å². The van der Waals surface area contributed by atoms with E-state index in [-0.39, 0.29) is 0 Å². The normalized spacial score (nSPS) is 20.1. The van der Waals surface area contributed by atoms with E-state index in [4.69, 9.17) is 4.98 Å². The third-order valence-electron chi connectivity index (χ3n) is 6.60. The molecule has 1 aliphatic carbocycles. The van der Waals surface area contributed by atoms with Crippen LogP contribution in [0.25, 0.3) is 0 Å². The van der Waals surface area contributed by atoms with Crippen LogP contribution in [0.2, 0.25) is 0 Å². The lowest BCUT2D eigenvalue weighted by molar-refractivity contribution is 0.234. The molecule has 1 saturated heterocycles. The average molecular weight is 379 g/mol. The maximum absolute atomic E-state index is 4.92. The fraction of sp³-hybridized carbons (Fsp3) is 0.542. The minimum Gasteiger partial charge on any atom is -0.369 e. The molecule has 28 heavy (non-hydrogen) atoms. The number of aromatic nitrogens is 1. The molecule has 1 aliphatic heterocycles. The van der Waals surface area contributed by atoms with E-state index in [0.717, 1.165) is 38.9 Å². The number of anilines is 3. The molecule has 4 heteroatoms. The monoisotopic (exact) mass is 378 g/mol. The van der Waals surface area contributed by atoms with Crippen molar-refractivity contribution in [3.05, 3.63) is 46.8 Å². The SMILES string of the molecule is CCc1c(C)nc2c(c1Nc1ccc(N3CCN(C)C(C)C3)cc1)CCCC2. The van der Waals surface area contributed by atoms with Crippen molar-refractivity contribution in [2.24, 2.45) is 0 Å². The van der Waals surface area contributed by atoms with E-state index in [1.54, 1.807) is 0 Å². The van der Waals surface area contributed by atoms with Gasteiger partial charge in [0.05, 0.1) is 0 Å². The van der Waals surface area contributed by atoms with E-state index in [1.807, 2.05) is 0 Å². The van der Waals surface area contributed by atoms with Crippen molar-refractivity contribution in [1.82, 2.24) is 9.88 Å². The highest BCUT2D eigenvalue weighted by atomic mass is 15.3. The molecule has 4 rings (SSSR count). The van der Waals surface area contributed by atoms with Crippen LogP contribution in [0.3, 0.4) is 0 Å². The summed E-state index contributed by atoms with van der Waals surface area (Å²) in [6.45, 7) is 10.0. The second-order valence-corrected chi connectivity index (χ2v) is 8.48. The maximum atomic E-state index is 4.92. The highest BCUT2D eigenvalue weighted by molar-refractivity contribution is 5.70. The van der Waals surface area contributed by atoms with Gasteiger partial charge in [-0.3, -0.25) is 4.98 Å². The Morgan fingerprint density at radius 3 is 2.57 bits per heavy atom. The van der Waals surface area contributed by atoms with Crippen LogP contribution < -0.4 is 10.2 Å². The third-order valence-corrected chi connectivity index (χ3v) is 6.60. The largest absolute Gasteiger partial charge is 0.369 e. The van der Waals surface area contributed by atoms with Crippen molar-refractivity contribution in [2.75, 3.05) is 36.9 Å². The van der Waals surface area contributed by atoms with Crippen LogP contribution in [0, 0.1) is 6.92 Å². The molecule has 4 nitrogen and oxygen atoms in total. The number of benzene rings is 1. The summed E-state index contributed by atoms with van der Waals surface area (Å²) in [7, 11) is 2.22. The number of likely N-dealkylation sites (N-methyl/N-ethyl adjacent to an activating group) is 1. The van der Waals surface area contributed by atoms with Crippen molar-refractivity contribution in [2.45, 2.75) is 58.9 Å². The number of hydrogen-bond donors (Lipinski definition) is 1. The predicted octanol–water partition coefficient (Wildman–Crippen LogP) is 4.72. The Balaban J connectivity index is 1.57. The van der Waals surface area contributed by atoms with Crippen LogP contribution in [0.1, 0.15) is 49.2 Å². The maximum Gasteiger partial charge on any atom is 0.0485 e. The van der Waals surface area contributed by atoms with Crippen LogP contribution in [0.5, 0.6) is 0 Å². The van der Waals surface area contributed by atoms with Gasteiger partial charge >= 0.3 is 0 Å². The number of nitrogens with one attached hydrogen (secondary N) is 1. The first kappa shape index (κ1) is 19.3. The van der Waals surface area contributed by atoms with Crippen molar-refractivity contribution in [3.8, 4) is 0 Å². The number of pyridine rings is 1. The summed E-state index contributed by atoms with van der Waals surface area (Å²) in [5.41, 5.74) is 9.15. The Hall–Kier alpha value is -2.07. The summed E-state index contributed by atoms with van der Waals surface area (Å²) in [5, 5.41) is 3.77. The molecule has 150 valence electrons. The van der Waals surface area contributed by atoms with Gasteiger partial charge in [0.2, 0.25) is 0 Å². The highest BCUT2D eigenvalue weighted by Crippen LogP contribution is 2.34. The highest BCUT2D eigenvalue weighted by Gasteiger charge is 2.22. The Morgan fingerprint density at radius 2 is 1.86 bits per heavy atom. The third kappa shape index (κ3) is 3.75. The van der Waals surface area contributed by atoms with E-state index < -0.39 is 0 Å². The summed E-state index contributed by atoms with van der Waals surface area (Å²) in [6.07, 6.45) is 5.83. The molecular weight excluding hydrogens is 344 g/mol. The van der Waals surface area contributed by atoms with Gasteiger partial charge in [0.25, 0.3) is 0 Å². The zero-order valence-corrected chi connectivity index (χ0v) is 17.9. The van der Waals surface area contributed by atoms with E-state index in [0.29, 0.717) is 6.04 Å². The second-order valence-electron chi connectivity index (χ2n) is 8.48. The molecule has 1 N–H and O–H groups in total. The fourth-order valence-corrected chi connectivity index (χ4v) is 4.68. The molecule has 1 aromatic heterocycles. The van der Waals surface area contributed by atoms with Gasteiger partial charge in [-0.15, -0.1) is 0 Å². The Bertz CT molecular complexity index is 827. The number of nitrogens with zero attached hydrogens (tertiary/aromatic N) is 3. The first-order valence-corrected chi connectivity index (χ1v) is 10.9. The molecule has 1 atom stereocenters. The average Bonchev–Trinajstić information content (AvgIpc) is 2.71. The van der Waals surface area contributed by atoms with Crippen LogP contribution in [-0.2, 0) is 19.3 Å². The predicted molar refractivity (Wildman–Crippen MR) is 119 cm³/mol. The summed E-state index contributed by atoms with van der Waals surface area (Å²) in [6, 6.07) is 9.62. The van der Waals surface area contributed by atoms with E-state index in [1.165, 1.54) is 52.4 Å². The summed E-state index contributed by atoms with van der Waals surface area (Å²) >= 11 is 0. The van der Waals surface area contributed by atoms with Gasteiger partial charge in [0.1, 0.15) is 0 Å². The fourth-order valence-electron chi connectivity index (χ4n) is 4.68. The lowest BCUT2D eigenvalue weighted by Crippen LogP contribution is -2.50. The number of piperazine rings is 1. The van der Waals surface area contributed by atoms with Crippen molar-refractivity contribution < 1.29 is 0 Å². The Labute approximate surface area is 170 Å². The van der Waals surface area contributed by atoms with E-state index >= 15 is 0 Å². The Morgan fingerprint density at radius 1 is 1.11 bits per heavy atom. The quantitative estimate of drug-likeness (QED) is 0.834. The molecular formula is C24H34N4. The zero-order chi connectivity index (χ0) is 19.7. The number of fused-ring (bicyclic) bond motifs is 1. The summed E-state index contributed by atoms with van der Waals surface area (Å²) in [4.78, 5) is 9.87. The molecule has 0 radical (unpaired) electrons. The van der Waals surface area contributed by atoms with Crippen molar-refractivity contribution in [3.63, 3.8) is 0 Å². The minimum absolute atomic E-state index is 0.602. The minimum atomic E-state index is 0.602. The molecule has 1 aromatic carbocycles. The van der Waals surface area contributed by atoms with Gasteiger partial charge in [-0.2, -0.15) is 0 Å². The molecule has 2 aliphatic rings. The summed E-state index contributed by atoms with van der Waals surface area (Å²) in [5.74, 6) is 0. The van der Waals surface area contributed by atoms with Gasteiger partial charge in [-0.1, -0.05) is 6.92 Å². The summed E-state index contributed by atoms with van der Waals surface area (Å²) < 4.78 is 0. The molecule has 1 unspecified atom stereocenters. The number of aryl methyl sites for hydroxylation is 2. The van der Waals surface area contributed by atoms with Crippen molar-refractivity contribution >= 4 is 17.1 Å². The molecule has 1 fully saturated rings. The van der Waals surface area contributed by atoms with Crippen LogP contribution in [-0.4, -0.2) is 42.6 Å². The molecule has 2 heterocycles. The van der Waals surface area contributed by atoms with Gasteiger partial charge in [0.15, 0.2) is 0 Å². The molecule has 0 bridgehead atoms. The lowest BCUT2D eigenvalue weighted by Gasteiger charge is -2.39. The van der Waals surface area contributed by atoms with Crippen LogP contribution in [0.15, 0.2) is 24.3 Å². The van der Waals surface area contributed by atoms with Gasteiger partial charge in [-0.25, -0.2) is 0 Å². The molecule has 0 spiro atoms. The number of rotatable bonds is 4. The molecule has 2 aromatic rings. The Kier molecular flexibility index (Phi) is 5.58. The standard InChI is InChI=1S/C24H34N4/c1-5-21-18(3)25-23-9-7-6-8-22(23)24(21)26-19-10-12-20(13-11-19)28-15-14-27(4)17(2)16-28/h10-13,17H,5-9,14-16H2,1-4H3,(H,25,26). The van der Waals surface area contributed by atoms with Gasteiger partial charge < -0.3 is 15.1 Å². The topological polar surface area (TPSA) is 31.4 Å². The lowest BCUT2D eigenvalue weighted by atomic mass is 9.91.